The van der Waals surface area contributed by atoms with Crippen molar-refractivity contribution in [2.45, 2.75) is 46.1 Å². The molecule has 2 aromatic rings. The molecular weight excluding hydrogens is 442 g/mol. The number of benzene rings is 1. The largest absolute Gasteiger partial charge is 0.465 e. The second-order valence-corrected chi connectivity index (χ2v) is 9.06. The highest BCUT2D eigenvalue weighted by Gasteiger charge is 2.24. The third kappa shape index (κ3) is 5.82. The van der Waals surface area contributed by atoms with E-state index in [1.807, 2.05) is 52.0 Å². The summed E-state index contributed by atoms with van der Waals surface area (Å²) in [6, 6.07) is 8.01. The van der Waals surface area contributed by atoms with Crippen molar-refractivity contribution in [2.75, 3.05) is 19.0 Å². The van der Waals surface area contributed by atoms with Crippen LogP contribution in [0.3, 0.4) is 0 Å². The van der Waals surface area contributed by atoms with Gasteiger partial charge in [-0.05, 0) is 73.3 Å². The lowest BCUT2D eigenvalue weighted by Crippen LogP contribution is -2.24. The number of thiophene rings is 1. The van der Waals surface area contributed by atoms with E-state index in [9.17, 15) is 9.59 Å². The number of anilines is 1. The van der Waals surface area contributed by atoms with Gasteiger partial charge in [-0.1, -0.05) is 12.1 Å². The number of nitrogens with one attached hydrogen (secondary N) is 1. The number of carbonyl (C=O) groups excluding carboxylic acids is 2. The minimum Gasteiger partial charge on any atom is -0.465 e. The Morgan fingerprint density at radius 3 is 2.57 bits per heavy atom. The lowest BCUT2D eigenvalue weighted by atomic mass is 10.1. The number of ether oxygens (including phenoxy) is 2. The predicted octanol–water partition coefficient (Wildman–Crippen LogP) is 5.67. The molecule has 0 unspecified atom stereocenters. The summed E-state index contributed by atoms with van der Waals surface area (Å²) in [5, 5.41) is 3.29. The molecule has 0 aliphatic heterocycles. The van der Waals surface area contributed by atoms with Gasteiger partial charge in [0.05, 0.1) is 7.11 Å². The number of esters is 2. The van der Waals surface area contributed by atoms with Gasteiger partial charge in [-0.15, -0.1) is 11.3 Å². The molecule has 1 aromatic carbocycles. The Morgan fingerprint density at radius 1 is 1.25 bits per heavy atom. The van der Waals surface area contributed by atoms with Gasteiger partial charge in [0.25, 0.3) is 0 Å². The van der Waals surface area contributed by atoms with Crippen LogP contribution < -0.4 is 5.32 Å². The molecule has 7 heteroatoms. The summed E-state index contributed by atoms with van der Waals surface area (Å²) in [5.41, 5.74) is 2.23. The Labute approximate surface area is 178 Å². The quantitative estimate of drug-likeness (QED) is 0.531. The first-order chi connectivity index (χ1) is 13.2. The second-order valence-electron chi connectivity index (χ2n) is 7.24. The fourth-order valence-electron chi connectivity index (χ4n) is 2.71. The van der Waals surface area contributed by atoms with E-state index >= 15 is 0 Å². The summed E-state index contributed by atoms with van der Waals surface area (Å²) in [4.78, 5) is 25.9. The number of rotatable bonds is 7. The number of hydrogen-bond acceptors (Lipinski definition) is 6. The Hall–Kier alpha value is -1.86. The molecule has 0 spiro atoms. The van der Waals surface area contributed by atoms with Crippen molar-refractivity contribution < 1.29 is 19.1 Å². The highest BCUT2D eigenvalue weighted by molar-refractivity contribution is 9.10. The molecule has 0 fully saturated rings. The smallest absolute Gasteiger partial charge is 0.348 e. The van der Waals surface area contributed by atoms with Gasteiger partial charge in [-0.2, -0.15) is 0 Å². The molecule has 1 N–H and O–H groups in total. The summed E-state index contributed by atoms with van der Waals surface area (Å²) >= 11 is 5.00. The molecule has 28 heavy (non-hydrogen) atoms. The molecule has 0 saturated heterocycles. The van der Waals surface area contributed by atoms with Gasteiger partial charge in [0.1, 0.15) is 10.5 Å². The van der Waals surface area contributed by atoms with Gasteiger partial charge < -0.3 is 14.8 Å². The number of carbonyl (C=O) groups is 2. The maximum atomic E-state index is 12.3. The van der Waals surface area contributed by atoms with E-state index < -0.39 is 11.6 Å². The van der Waals surface area contributed by atoms with Crippen molar-refractivity contribution in [2.24, 2.45) is 0 Å². The van der Waals surface area contributed by atoms with E-state index in [1.54, 1.807) is 0 Å². The molecular formula is C21H26BrNO4S. The van der Waals surface area contributed by atoms with E-state index in [0.29, 0.717) is 11.3 Å². The highest BCUT2D eigenvalue weighted by atomic mass is 79.9. The van der Waals surface area contributed by atoms with E-state index in [0.717, 1.165) is 32.7 Å². The number of methoxy groups -OCH3 is 1. The number of hydrogen-bond donors (Lipinski definition) is 1. The van der Waals surface area contributed by atoms with Gasteiger partial charge in [-0.25, -0.2) is 4.79 Å². The molecule has 0 aliphatic rings. The average molecular weight is 468 g/mol. The summed E-state index contributed by atoms with van der Waals surface area (Å²) in [7, 11) is 1.36. The van der Waals surface area contributed by atoms with E-state index in [2.05, 4.69) is 21.2 Å². The number of halogens is 1. The Bertz CT molecular complexity index is 855. The molecule has 0 atom stereocenters. The van der Waals surface area contributed by atoms with Crippen LogP contribution in [0, 0.1) is 0 Å². The summed E-state index contributed by atoms with van der Waals surface area (Å²) < 4.78 is 11.2. The molecule has 5 nitrogen and oxygen atoms in total. The van der Waals surface area contributed by atoms with Crippen LogP contribution >= 0.6 is 27.3 Å². The highest BCUT2D eigenvalue weighted by Crippen LogP contribution is 2.42. The van der Waals surface area contributed by atoms with Crippen molar-refractivity contribution in [1.29, 1.82) is 0 Å². The van der Waals surface area contributed by atoms with Crippen molar-refractivity contribution in [3.8, 4) is 10.4 Å². The van der Waals surface area contributed by atoms with Gasteiger partial charge in [0, 0.05) is 28.0 Å². The SMILES string of the molecule is CCNc1cccc(-c2sc(C(=O)OC)c(CCC(=O)OC(C)(C)C)c2Br)c1. The zero-order valence-corrected chi connectivity index (χ0v) is 19.3. The Kier molecular flexibility index (Phi) is 7.66. The Morgan fingerprint density at radius 2 is 1.96 bits per heavy atom. The summed E-state index contributed by atoms with van der Waals surface area (Å²) in [5.74, 6) is -0.698. The third-order valence-electron chi connectivity index (χ3n) is 3.82. The van der Waals surface area contributed by atoms with Crippen LogP contribution in [0.2, 0.25) is 0 Å². The van der Waals surface area contributed by atoms with Crippen LogP contribution in [-0.2, 0) is 20.7 Å². The fourth-order valence-corrected chi connectivity index (χ4v) is 4.86. The minimum absolute atomic E-state index is 0.188. The maximum absolute atomic E-state index is 12.3. The fraction of sp³-hybridized carbons (Fsp3) is 0.429. The first-order valence-electron chi connectivity index (χ1n) is 9.12. The second kappa shape index (κ2) is 9.56. The van der Waals surface area contributed by atoms with Gasteiger partial charge >= 0.3 is 11.9 Å². The topological polar surface area (TPSA) is 64.6 Å². The molecule has 0 bridgehead atoms. The molecule has 0 saturated carbocycles. The molecule has 152 valence electrons. The van der Waals surface area contributed by atoms with Gasteiger partial charge in [0.2, 0.25) is 0 Å². The normalized spacial score (nSPS) is 11.2. The zero-order chi connectivity index (χ0) is 20.9. The average Bonchev–Trinajstić information content (AvgIpc) is 2.95. The molecule has 0 aliphatic carbocycles. The first-order valence-corrected chi connectivity index (χ1v) is 10.7. The van der Waals surface area contributed by atoms with Crippen LogP contribution in [0.5, 0.6) is 0 Å². The third-order valence-corrected chi connectivity index (χ3v) is 6.22. The maximum Gasteiger partial charge on any atom is 0.348 e. The van der Waals surface area contributed by atoms with E-state index in [1.165, 1.54) is 18.4 Å². The van der Waals surface area contributed by atoms with E-state index in [-0.39, 0.29) is 12.4 Å². The summed E-state index contributed by atoms with van der Waals surface area (Å²) in [6.07, 6.45) is 0.580. The molecule has 0 radical (unpaired) electrons. The Balaban J connectivity index is 2.36. The van der Waals surface area contributed by atoms with E-state index in [4.69, 9.17) is 9.47 Å². The standard InChI is InChI=1S/C21H26BrNO4S/c1-6-23-14-9-7-8-13(12-14)18-17(22)15(19(28-18)20(25)26-5)10-11-16(24)27-21(2,3)4/h7-9,12,23H,6,10-11H2,1-5H3. The van der Waals surface area contributed by atoms with Crippen LogP contribution in [0.4, 0.5) is 5.69 Å². The van der Waals surface area contributed by atoms with Crippen LogP contribution in [0.1, 0.15) is 49.4 Å². The van der Waals surface area contributed by atoms with Crippen LogP contribution in [0.25, 0.3) is 10.4 Å². The minimum atomic E-state index is -0.536. The molecule has 0 amide bonds. The predicted molar refractivity (Wildman–Crippen MR) is 117 cm³/mol. The molecule has 1 heterocycles. The van der Waals surface area contributed by atoms with Gasteiger partial charge in [0.15, 0.2) is 0 Å². The zero-order valence-electron chi connectivity index (χ0n) is 16.8. The molecule has 1 aromatic heterocycles. The van der Waals surface area contributed by atoms with Crippen molar-refractivity contribution in [3.63, 3.8) is 0 Å². The lowest BCUT2D eigenvalue weighted by Gasteiger charge is -2.19. The van der Waals surface area contributed by atoms with Crippen LogP contribution in [0.15, 0.2) is 28.7 Å². The molecule has 2 rings (SSSR count). The van der Waals surface area contributed by atoms with Gasteiger partial charge in [-0.3, -0.25) is 4.79 Å². The van der Waals surface area contributed by atoms with Crippen molar-refractivity contribution in [3.05, 3.63) is 39.2 Å². The van der Waals surface area contributed by atoms with Crippen LogP contribution in [-0.4, -0.2) is 31.2 Å². The summed E-state index contributed by atoms with van der Waals surface area (Å²) in [6.45, 7) is 8.36. The monoisotopic (exact) mass is 467 g/mol. The first kappa shape index (κ1) is 22.4. The van der Waals surface area contributed by atoms with Crippen molar-refractivity contribution >= 4 is 44.9 Å². The lowest BCUT2D eigenvalue weighted by molar-refractivity contribution is -0.154. The van der Waals surface area contributed by atoms with Crippen molar-refractivity contribution in [1.82, 2.24) is 0 Å².